The van der Waals surface area contributed by atoms with Gasteiger partial charge in [-0.05, 0) is 31.1 Å². The molecular weight excluding hydrogens is 248 g/mol. The van der Waals surface area contributed by atoms with Crippen LogP contribution < -0.4 is 10.6 Å². The van der Waals surface area contributed by atoms with Crippen molar-refractivity contribution in [2.45, 2.75) is 51.1 Å². The first-order valence-corrected chi connectivity index (χ1v) is 7.30. The molecular formula is C14H23F2N3. The van der Waals surface area contributed by atoms with Gasteiger partial charge in [0, 0.05) is 13.1 Å². The van der Waals surface area contributed by atoms with E-state index in [9.17, 15) is 8.78 Å². The summed E-state index contributed by atoms with van der Waals surface area (Å²) < 4.78 is 27.6. The van der Waals surface area contributed by atoms with Gasteiger partial charge in [-0.3, -0.25) is 0 Å². The highest BCUT2D eigenvalue weighted by molar-refractivity contribution is 5.00. The van der Waals surface area contributed by atoms with Crippen LogP contribution in [-0.4, -0.2) is 31.6 Å². The van der Waals surface area contributed by atoms with Gasteiger partial charge in [0.1, 0.15) is 18.3 Å². The molecule has 0 amide bonds. The molecule has 2 rings (SSSR count). The number of nitriles is 1. The Morgan fingerprint density at radius 3 is 2.21 bits per heavy atom. The predicted octanol–water partition coefficient (Wildman–Crippen LogP) is 2.15. The van der Waals surface area contributed by atoms with Crippen LogP contribution in [0.5, 0.6) is 0 Å². The Labute approximate surface area is 113 Å². The van der Waals surface area contributed by atoms with Crippen LogP contribution >= 0.6 is 0 Å². The third-order valence-electron chi connectivity index (χ3n) is 4.41. The van der Waals surface area contributed by atoms with E-state index in [0.29, 0.717) is 5.92 Å². The van der Waals surface area contributed by atoms with Crippen molar-refractivity contribution in [3.05, 3.63) is 0 Å². The van der Waals surface area contributed by atoms with E-state index >= 15 is 0 Å². The molecule has 1 saturated heterocycles. The van der Waals surface area contributed by atoms with Gasteiger partial charge in [-0.15, -0.1) is 0 Å². The summed E-state index contributed by atoms with van der Waals surface area (Å²) in [5.41, 5.74) is 0. The van der Waals surface area contributed by atoms with E-state index in [-0.39, 0.29) is 24.9 Å². The Morgan fingerprint density at radius 2 is 1.74 bits per heavy atom. The molecule has 1 heterocycles. The van der Waals surface area contributed by atoms with Crippen molar-refractivity contribution in [1.82, 2.24) is 10.6 Å². The molecule has 2 N–H and O–H groups in total. The number of alkyl halides is 2. The number of rotatable bonds is 3. The van der Waals surface area contributed by atoms with Crippen molar-refractivity contribution < 1.29 is 8.78 Å². The Balaban J connectivity index is 1.86. The number of hydrogen-bond acceptors (Lipinski definition) is 3. The molecule has 0 aromatic rings. The zero-order valence-electron chi connectivity index (χ0n) is 11.4. The SMILES string of the molecule is CCCC1CNC(C2CC(F)C(C#N)C(F)C2)NC1. The smallest absolute Gasteiger partial charge is 0.119 e. The molecule has 0 radical (unpaired) electrons. The molecule has 19 heavy (non-hydrogen) atoms. The summed E-state index contributed by atoms with van der Waals surface area (Å²) in [6.07, 6.45) is 0.204. The maximum atomic E-state index is 13.8. The van der Waals surface area contributed by atoms with Crippen LogP contribution in [0.3, 0.4) is 0 Å². The summed E-state index contributed by atoms with van der Waals surface area (Å²) in [5.74, 6) is -0.524. The molecule has 0 aromatic carbocycles. The number of nitrogens with zero attached hydrogens (tertiary/aromatic N) is 1. The Hall–Kier alpha value is -0.730. The van der Waals surface area contributed by atoms with E-state index < -0.39 is 18.3 Å². The van der Waals surface area contributed by atoms with Crippen LogP contribution in [-0.2, 0) is 0 Å². The largest absolute Gasteiger partial charge is 0.301 e. The number of halogens is 2. The highest BCUT2D eigenvalue weighted by atomic mass is 19.1. The van der Waals surface area contributed by atoms with E-state index in [1.807, 2.05) is 0 Å². The average molecular weight is 271 g/mol. The highest BCUT2D eigenvalue weighted by Crippen LogP contribution is 2.35. The second kappa shape index (κ2) is 6.62. The first-order valence-electron chi connectivity index (χ1n) is 7.30. The maximum absolute atomic E-state index is 13.8. The molecule has 5 heteroatoms. The van der Waals surface area contributed by atoms with Crippen LogP contribution in [0.1, 0.15) is 32.6 Å². The van der Waals surface area contributed by atoms with Crippen molar-refractivity contribution in [2.75, 3.05) is 13.1 Å². The molecule has 0 aromatic heterocycles. The van der Waals surface area contributed by atoms with Gasteiger partial charge in [0.05, 0.1) is 12.2 Å². The lowest BCUT2D eigenvalue weighted by molar-refractivity contribution is 0.0465. The van der Waals surface area contributed by atoms with E-state index in [2.05, 4.69) is 17.6 Å². The minimum absolute atomic E-state index is 0.00995. The van der Waals surface area contributed by atoms with E-state index in [1.165, 1.54) is 6.42 Å². The minimum Gasteiger partial charge on any atom is -0.301 e. The summed E-state index contributed by atoms with van der Waals surface area (Å²) in [6.45, 7) is 3.99. The average Bonchev–Trinajstić information content (AvgIpc) is 2.39. The fraction of sp³-hybridized carbons (Fsp3) is 0.929. The lowest BCUT2D eigenvalue weighted by atomic mass is 9.78. The molecule has 0 bridgehead atoms. The molecule has 2 fully saturated rings. The number of nitrogens with one attached hydrogen (secondary N) is 2. The van der Waals surface area contributed by atoms with E-state index in [1.54, 1.807) is 6.07 Å². The van der Waals surface area contributed by atoms with E-state index in [0.717, 1.165) is 19.5 Å². The van der Waals surface area contributed by atoms with Gasteiger partial charge in [0.2, 0.25) is 0 Å². The van der Waals surface area contributed by atoms with Gasteiger partial charge >= 0.3 is 0 Å². The van der Waals surface area contributed by atoms with Crippen LogP contribution in [0.4, 0.5) is 8.78 Å². The second-order valence-electron chi connectivity index (χ2n) is 5.87. The lowest BCUT2D eigenvalue weighted by Gasteiger charge is -2.40. The fourth-order valence-corrected chi connectivity index (χ4v) is 3.31. The highest BCUT2D eigenvalue weighted by Gasteiger charge is 2.41. The fourth-order valence-electron chi connectivity index (χ4n) is 3.31. The van der Waals surface area contributed by atoms with Crippen molar-refractivity contribution in [3.63, 3.8) is 0 Å². The molecule has 2 unspecified atom stereocenters. The maximum Gasteiger partial charge on any atom is 0.119 e. The second-order valence-corrected chi connectivity index (χ2v) is 5.87. The zero-order chi connectivity index (χ0) is 13.8. The van der Waals surface area contributed by atoms with Crippen molar-refractivity contribution in [2.24, 2.45) is 17.8 Å². The predicted molar refractivity (Wildman–Crippen MR) is 69.8 cm³/mol. The normalized spacial score (nSPS) is 43.7. The molecule has 2 atom stereocenters. The van der Waals surface area contributed by atoms with Gasteiger partial charge in [0.25, 0.3) is 0 Å². The Kier molecular flexibility index (Phi) is 5.12. The molecule has 3 nitrogen and oxygen atoms in total. The van der Waals surface area contributed by atoms with Crippen molar-refractivity contribution in [3.8, 4) is 6.07 Å². The van der Waals surface area contributed by atoms with Crippen LogP contribution in [0, 0.1) is 29.1 Å². The van der Waals surface area contributed by atoms with Crippen LogP contribution in [0.2, 0.25) is 0 Å². The van der Waals surface area contributed by atoms with Gasteiger partial charge in [-0.1, -0.05) is 13.3 Å². The first kappa shape index (κ1) is 14.7. The monoisotopic (exact) mass is 271 g/mol. The van der Waals surface area contributed by atoms with Crippen LogP contribution in [0.25, 0.3) is 0 Å². The standard InChI is InChI=1S/C14H23F2N3/c1-2-3-9-7-18-14(19-8-9)10-4-12(15)11(6-17)13(16)5-10/h9-14,18-19H,2-5,7-8H2,1H3. The van der Waals surface area contributed by atoms with Crippen LogP contribution in [0.15, 0.2) is 0 Å². The molecule has 1 saturated carbocycles. The Bertz CT molecular complexity index is 311. The minimum atomic E-state index is -1.34. The Morgan fingerprint density at radius 1 is 1.16 bits per heavy atom. The molecule has 108 valence electrons. The van der Waals surface area contributed by atoms with E-state index in [4.69, 9.17) is 5.26 Å². The third-order valence-corrected chi connectivity index (χ3v) is 4.41. The summed E-state index contributed by atoms with van der Waals surface area (Å²) >= 11 is 0. The first-order chi connectivity index (χ1) is 9.15. The number of hydrogen-bond donors (Lipinski definition) is 2. The molecule has 2 aliphatic rings. The summed E-state index contributed by atoms with van der Waals surface area (Å²) in [4.78, 5) is 0. The summed E-state index contributed by atoms with van der Waals surface area (Å²) in [5, 5.41) is 15.5. The van der Waals surface area contributed by atoms with Crippen molar-refractivity contribution in [1.29, 1.82) is 5.26 Å². The van der Waals surface area contributed by atoms with Gasteiger partial charge in [0.15, 0.2) is 0 Å². The summed E-state index contributed by atoms with van der Waals surface area (Å²) in [7, 11) is 0. The molecule has 1 aliphatic carbocycles. The molecule has 1 aliphatic heterocycles. The van der Waals surface area contributed by atoms with Crippen molar-refractivity contribution >= 4 is 0 Å². The quantitative estimate of drug-likeness (QED) is 0.827. The zero-order valence-corrected chi connectivity index (χ0v) is 11.4. The topological polar surface area (TPSA) is 47.9 Å². The summed E-state index contributed by atoms with van der Waals surface area (Å²) in [6, 6.07) is 1.76. The van der Waals surface area contributed by atoms with Gasteiger partial charge in [-0.2, -0.15) is 5.26 Å². The lowest BCUT2D eigenvalue weighted by Crippen LogP contribution is -2.58. The molecule has 0 spiro atoms. The van der Waals surface area contributed by atoms with Gasteiger partial charge < -0.3 is 10.6 Å². The third kappa shape index (κ3) is 3.43. The van der Waals surface area contributed by atoms with Gasteiger partial charge in [-0.25, -0.2) is 8.78 Å².